The molecule has 0 N–H and O–H groups in total. The Hall–Kier alpha value is -1.51. The molecule has 1 rings (SSSR count). The number of para-hydroxylation sites is 1. The minimum atomic E-state index is -0.273. The fraction of sp³-hybridized carbons (Fsp3) is 0.462. The van der Waals surface area contributed by atoms with Crippen LogP contribution in [0.2, 0.25) is 0 Å². The fourth-order valence-electron chi connectivity index (χ4n) is 1.88. The Bertz CT molecular complexity index is 367. The van der Waals surface area contributed by atoms with Crippen LogP contribution in [0.1, 0.15) is 18.1 Å². The molecule has 0 aromatic heterocycles. The average Bonchev–Trinajstić information content (AvgIpc) is 2.26. The molecule has 0 bridgehead atoms. The van der Waals surface area contributed by atoms with Gasteiger partial charge in [-0.3, -0.25) is 0 Å². The van der Waals surface area contributed by atoms with Crippen molar-refractivity contribution in [3.8, 4) is 0 Å². The molecular weight excluding hydrogens is 202 g/mol. The summed E-state index contributed by atoms with van der Waals surface area (Å²) in [7, 11) is 3.33. The van der Waals surface area contributed by atoms with Crippen LogP contribution in [0.3, 0.4) is 0 Å². The van der Waals surface area contributed by atoms with Crippen molar-refractivity contribution in [2.45, 2.75) is 26.8 Å². The molecule has 0 aliphatic rings. The number of esters is 1. The summed E-state index contributed by atoms with van der Waals surface area (Å²) < 4.78 is 4.75. The van der Waals surface area contributed by atoms with Gasteiger partial charge in [0.25, 0.3) is 0 Å². The molecular formula is C13H19NO2. The van der Waals surface area contributed by atoms with E-state index >= 15 is 0 Å². The normalized spacial score (nSPS) is 12.1. The third-order valence-corrected chi connectivity index (χ3v) is 2.92. The van der Waals surface area contributed by atoms with Gasteiger partial charge in [0.05, 0.1) is 7.11 Å². The Labute approximate surface area is 97.0 Å². The highest BCUT2D eigenvalue weighted by atomic mass is 16.5. The summed E-state index contributed by atoms with van der Waals surface area (Å²) in [4.78, 5) is 13.4. The van der Waals surface area contributed by atoms with Gasteiger partial charge in [-0.15, -0.1) is 0 Å². The first-order valence-electron chi connectivity index (χ1n) is 5.36. The van der Waals surface area contributed by atoms with E-state index in [-0.39, 0.29) is 12.0 Å². The topological polar surface area (TPSA) is 29.5 Å². The molecule has 0 heterocycles. The van der Waals surface area contributed by atoms with Crippen LogP contribution in [-0.2, 0) is 9.53 Å². The zero-order valence-electron chi connectivity index (χ0n) is 10.6. The molecule has 1 aromatic rings. The molecule has 0 spiro atoms. The Kier molecular flexibility index (Phi) is 3.93. The van der Waals surface area contributed by atoms with E-state index in [1.165, 1.54) is 18.2 Å². The molecule has 0 amide bonds. The lowest BCUT2D eigenvalue weighted by molar-refractivity contribution is -0.141. The van der Waals surface area contributed by atoms with Crippen molar-refractivity contribution >= 4 is 11.7 Å². The van der Waals surface area contributed by atoms with Crippen LogP contribution >= 0.6 is 0 Å². The third kappa shape index (κ3) is 2.35. The van der Waals surface area contributed by atoms with E-state index in [0.29, 0.717) is 0 Å². The van der Waals surface area contributed by atoms with Crippen molar-refractivity contribution in [1.82, 2.24) is 0 Å². The van der Waals surface area contributed by atoms with Gasteiger partial charge in [-0.05, 0) is 31.9 Å². The summed E-state index contributed by atoms with van der Waals surface area (Å²) in [6, 6.07) is 5.83. The molecule has 88 valence electrons. The minimum Gasteiger partial charge on any atom is -0.467 e. The lowest BCUT2D eigenvalue weighted by atomic mass is 10.1. The van der Waals surface area contributed by atoms with Crippen LogP contribution in [0, 0.1) is 13.8 Å². The highest BCUT2D eigenvalue weighted by Gasteiger charge is 2.20. The summed E-state index contributed by atoms with van der Waals surface area (Å²) in [5.41, 5.74) is 3.43. The number of rotatable bonds is 3. The van der Waals surface area contributed by atoms with E-state index in [9.17, 15) is 4.79 Å². The number of carbonyl (C=O) groups excluding carboxylic acids is 1. The van der Waals surface area contributed by atoms with Gasteiger partial charge < -0.3 is 9.64 Å². The van der Waals surface area contributed by atoms with Crippen LogP contribution < -0.4 is 4.90 Å². The summed E-state index contributed by atoms with van der Waals surface area (Å²) in [6.07, 6.45) is 0. The third-order valence-electron chi connectivity index (χ3n) is 2.92. The molecule has 0 fully saturated rings. The predicted octanol–water partition coefficient (Wildman–Crippen LogP) is 2.30. The van der Waals surface area contributed by atoms with Crippen LogP contribution in [0.5, 0.6) is 0 Å². The van der Waals surface area contributed by atoms with Crippen molar-refractivity contribution in [2.75, 3.05) is 19.1 Å². The van der Waals surface area contributed by atoms with Gasteiger partial charge in [0, 0.05) is 12.7 Å². The molecule has 16 heavy (non-hydrogen) atoms. The lowest BCUT2D eigenvalue weighted by Crippen LogP contribution is -2.37. The number of likely N-dealkylation sites (N-methyl/N-ethyl adjacent to an activating group) is 1. The molecule has 0 saturated carbocycles. The van der Waals surface area contributed by atoms with E-state index < -0.39 is 0 Å². The van der Waals surface area contributed by atoms with Crippen LogP contribution in [0.15, 0.2) is 18.2 Å². The van der Waals surface area contributed by atoms with Gasteiger partial charge in [-0.1, -0.05) is 18.2 Å². The maximum atomic E-state index is 11.5. The Morgan fingerprint density at radius 3 is 2.25 bits per heavy atom. The maximum absolute atomic E-state index is 11.5. The van der Waals surface area contributed by atoms with E-state index in [4.69, 9.17) is 4.74 Å². The first-order chi connectivity index (χ1) is 7.49. The highest BCUT2D eigenvalue weighted by molar-refractivity contribution is 5.80. The summed E-state index contributed by atoms with van der Waals surface area (Å²) in [5, 5.41) is 0. The summed E-state index contributed by atoms with van der Waals surface area (Å²) in [6.45, 7) is 5.93. The minimum absolute atomic E-state index is 0.217. The number of hydrogen-bond donors (Lipinski definition) is 0. The van der Waals surface area contributed by atoms with E-state index in [0.717, 1.165) is 5.69 Å². The Balaban J connectivity index is 3.04. The van der Waals surface area contributed by atoms with Crippen molar-refractivity contribution < 1.29 is 9.53 Å². The SMILES string of the molecule is COC(=O)[C@H](C)N(C)c1c(C)cccc1C. The fourth-order valence-corrected chi connectivity index (χ4v) is 1.88. The standard InChI is InChI=1S/C13H19NO2/c1-9-7-6-8-10(2)12(9)14(4)11(3)13(15)16-5/h6-8,11H,1-5H3/t11-/m0/s1. The molecule has 0 saturated heterocycles. The molecule has 1 atom stereocenters. The van der Waals surface area contributed by atoms with Gasteiger partial charge >= 0.3 is 5.97 Å². The number of carbonyl (C=O) groups is 1. The zero-order chi connectivity index (χ0) is 12.3. The highest BCUT2D eigenvalue weighted by Crippen LogP contribution is 2.25. The number of hydrogen-bond acceptors (Lipinski definition) is 3. The largest absolute Gasteiger partial charge is 0.467 e. The molecule has 0 unspecified atom stereocenters. The second kappa shape index (κ2) is 5.01. The number of ether oxygens (including phenoxy) is 1. The average molecular weight is 221 g/mol. The van der Waals surface area contributed by atoms with Gasteiger partial charge in [-0.25, -0.2) is 4.79 Å². The van der Waals surface area contributed by atoms with Crippen LogP contribution in [0.4, 0.5) is 5.69 Å². The monoisotopic (exact) mass is 221 g/mol. The van der Waals surface area contributed by atoms with E-state index in [2.05, 4.69) is 0 Å². The van der Waals surface area contributed by atoms with E-state index in [1.807, 2.05) is 50.9 Å². The Morgan fingerprint density at radius 2 is 1.81 bits per heavy atom. The van der Waals surface area contributed by atoms with Crippen LogP contribution in [-0.4, -0.2) is 26.2 Å². The van der Waals surface area contributed by atoms with Crippen molar-refractivity contribution in [3.63, 3.8) is 0 Å². The molecule has 0 aliphatic heterocycles. The van der Waals surface area contributed by atoms with Crippen molar-refractivity contribution in [3.05, 3.63) is 29.3 Å². The van der Waals surface area contributed by atoms with Gasteiger partial charge in [0.15, 0.2) is 0 Å². The van der Waals surface area contributed by atoms with Gasteiger partial charge in [0.2, 0.25) is 0 Å². The molecule has 3 heteroatoms. The second-order valence-electron chi connectivity index (χ2n) is 4.05. The number of benzene rings is 1. The van der Waals surface area contributed by atoms with Crippen molar-refractivity contribution in [2.24, 2.45) is 0 Å². The second-order valence-corrected chi connectivity index (χ2v) is 4.05. The first-order valence-corrected chi connectivity index (χ1v) is 5.36. The first kappa shape index (κ1) is 12.6. The smallest absolute Gasteiger partial charge is 0.328 e. The number of aryl methyl sites for hydroxylation is 2. The number of anilines is 1. The molecule has 0 aliphatic carbocycles. The number of methoxy groups -OCH3 is 1. The van der Waals surface area contributed by atoms with Crippen molar-refractivity contribution in [1.29, 1.82) is 0 Å². The Morgan fingerprint density at radius 1 is 1.31 bits per heavy atom. The van der Waals surface area contributed by atoms with Gasteiger partial charge in [-0.2, -0.15) is 0 Å². The molecule has 1 aromatic carbocycles. The molecule has 0 radical (unpaired) electrons. The maximum Gasteiger partial charge on any atom is 0.328 e. The molecule has 3 nitrogen and oxygen atoms in total. The summed E-state index contributed by atoms with van der Waals surface area (Å²) >= 11 is 0. The summed E-state index contributed by atoms with van der Waals surface area (Å²) in [5.74, 6) is -0.217. The van der Waals surface area contributed by atoms with E-state index in [1.54, 1.807) is 0 Å². The number of nitrogens with zero attached hydrogens (tertiary/aromatic N) is 1. The predicted molar refractivity (Wildman–Crippen MR) is 65.8 cm³/mol. The zero-order valence-corrected chi connectivity index (χ0v) is 10.6. The lowest BCUT2D eigenvalue weighted by Gasteiger charge is -2.28. The quantitative estimate of drug-likeness (QED) is 0.733. The van der Waals surface area contributed by atoms with Crippen LogP contribution in [0.25, 0.3) is 0 Å². The van der Waals surface area contributed by atoms with Gasteiger partial charge in [0.1, 0.15) is 6.04 Å².